The summed E-state index contributed by atoms with van der Waals surface area (Å²) < 4.78 is 19.1. The molecule has 0 aliphatic heterocycles. The van der Waals surface area contributed by atoms with Crippen LogP contribution in [0.1, 0.15) is 57.3 Å². The Morgan fingerprint density at radius 1 is 1.24 bits per heavy atom. The quantitative estimate of drug-likeness (QED) is 0.590. The van der Waals surface area contributed by atoms with Crippen LogP contribution in [0.4, 0.5) is 15.8 Å². The second-order valence-electron chi connectivity index (χ2n) is 5.11. The number of nitrogens with one attached hydrogen (secondary N) is 1. The van der Waals surface area contributed by atoms with Gasteiger partial charge in [0.25, 0.3) is 0 Å². The summed E-state index contributed by atoms with van der Waals surface area (Å²) >= 11 is 0. The molecule has 0 spiro atoms. The highest BCUT2D eigenvalue weighted by Gasteiger charge is 2.25. The van der Waals surface area contributed by atoms with Crippen molar-refractivity contribution in [1.82, 2.24) is 0 Å². The summed E-state index contributed by atoms with van der Waals surface area (Å²) in [5.41, 5.74) is 6.09. The molecule has 0 atom stereocenters. The van der Waals surface area contributed by atoms with Crippen molar-refractivity contribution in [3.8, 4) is 0 Å². The first-order chi connectivity index (χ1) is 9.92. The second-order valence-corrected chi connectivity index (χ2v) is 5.11. The molecule has 0 saturated carbocycles. The van der Waals surface area contributed by atoms with Gasteiger partial charge in [0.15, 0.2) is 0 Å². The van der Waals surface area contributed by atoms with E-state index in [2.05, 4.69) is 26.1 Å². The van der Waals surface area contributed by atoms with Gasteiger partial charge in [-0.1, -0.05) is 20.8 Å². The number of halogens is 1. The normalized spacial score (nSPS) is 11.3. The number of hydrogen-bond donors (Lipinski definition) is 2. The van der Waals surface area contributed by atoms with E-state index in [0.717, 1.165) is 19.3 Å². The molecule has 0 bridgehead atoms. The molecule has 0 heterocycles. The van der Waals surface area contributed by atoms with E-state index in [1.807, 2.05) is 0 Å². The van der Waals surface area contributed by atoms with E-state index in [0.29, 0.717) is 0 Å². The maximum atomic E-state index is 14.1. The van der Waals surface area contributed by atoms with E-state index >= 15 is 0 Å². The van der Waals surface area contributed by atoms with Gasteiger partial charge in [0.2, 0.25) is 0 Å². The minimum absolute atomic E-state index is 0.0894. The fourth-order valence-electron chi connectivity index (χ4n) is 2.37. The van der Waals surface area contributed by atoms with Gasteiger partial charge in [0, 0.05) is 11.2 Å². The van der Waals surface area contributed by atoms with Crippen LogP contribution in [0, 0.1) is 5.82 Å². The van der Waals surface area contributed by atoms with Crippen molar-refractivity contribution in [2.75, 3.05) is 17.7 Å². The lowest BCUT2D eigenvalue weighted by atomic mass is 9.89. The SMILES string of the molecule is CCOC(=O)c1cc(NC(CC)(CC)CC)c(F)cc1N. The second kappa shape index (κ2) is 7.29. The minimum atomic E-state index is -0.534. The molecule has 118 valence electrons. The molecule has 5 heteroatoms. The predicted octanol–water partition coefficient (Wildman–Crippen LogP) is 3.97. The number of nitrogens with two attached hydrogens (primary N) is 1. The third kappa shape index (κ3) is 3.86. The van der Waals surface area contributed by atoms with Crippen LogP contribution in [0.3, 0.4) is 0 Å². The molecule has 1 aromatic rings. The molecule has 0 unspecified atom stereocenters. The Hall–Kier alpha value is -1.78. The molecule has 4 nitrogen and oxygen atoms in total. The molecule has 0 radical (unpaired) electrons. The number of nitrogen functional groups attached to an aromatic ring is 1. The molecule has 21 heavy (non-hydrogen) atoms. The van der Waals surface area contributed by atoms with Crippen LogP contribution in [0.2, 0.25) is 0 Å². The van der Waals surface area contributed by atoms with Crippen LogP contribution in [0.5, 0.6) is 0 Å². The summed E-state index contributed by atoms with van der Waals surface area (Å²) in [6.07, 6.45) is 2.58. The number of rotatable bonds is 7. The molecule has 0 aliphatic carbocycles. The maximum Gasteiger partial charge on any atom is 0.340 e. The zero-order valence-corrected chi connectivity index (χ0v) is 13.3. The standard InChI is InChI=1S/C16H25FN2O2/c1-5-16(6-2,7-3)19-14-9-11(15(20)21-8-4)13(18)10-12(14)17/h9-10,19H,5-8,18H2,1-4H3. The van der Waals surface area contributed by atoms with Crippen molar-refractivity contribution < 1.29 is 13.9 Å². The van der Waals surface area contributed by atoms with Crippen molar-refractivity contribution in [3.63, 3.8) is 0 Å². The zero-order valence-electron chi connectivity index (χ0n) is 13.3. The Labute approximate surface area is 125 Å². The first-order valence-electron chi connectivity index (χ1n) is 7.47. The van der Waals surface area contributed by atoms with Gasteiger partial charge in [0.05, 0.1) is 17.9 Å². The van der Waals surface area contributed by atoms with Gasteiger partial charge in [-0.2, -0.15) is 0 Å². The summed E-state index contributed by atoms with van der Waals surface area (Å²) in [5, 5.41) is 3.24. The number of carbonyl (C=O) groups excluding carboxylic acids is 1. The minimum Gasteiger partial charge on any atom is -0.462 e. The molecular formula is C16H25FN2O2. The van der Waals surface area contributed by atoms with Crippen LogP contribution in [0.25, 0.3) is 0 Å². The summed E-state index contributed by atoms with van der Waals surface area (Å²) in [4.78, 5) is 11.9. The highest BCUT2D eigenvalue weighted by molar-refractivity contribution is 5.96. The van der Waals surface area contributed by atoms with Gasteiger partial charge in [-0.15, -0.1) is 0 Å². The van der Waals surface area contributed by atoms with E-state index in [4.69, 9.17) is 10.5 Å². The first-order valence-corrected chi connectivity index (χ1v) is 7.47. The smallest absolute Gasteiger partial charge is 0.340 e. The number of hydrogen-bond acceptors (Lipinski definition) is 4. The van der Waals surface area contributed by atoms with E-state index in [1.165, 1.54) is 12.1 Å². The van der Waals surface area contributed by atoms with Gasteiger partial charge >= 0.3 is 5.97 Å². The van der Waals surface area contributed by atoms with Crippen molar-refractivity contribution in [2.45, 2.75) is 52.5 Å². The number of benzene rings is 1. The third-order valence-corrected chi connectivity index (χ3v) is 4.06. The summed E-state index contributed by atoms with van der Waals surface area (Å²) in [6, 6.07) is 2.61. The maximum absolute atomic E-state index is 14.1. The topological polar surface area (TPSA) is 64.3 Å². The Kier molecular flexibility index (Phi) is 6.00. The molecule has 0 fully saturated rings. The molecule has 0 aromatic heterocycles. The van der Waals surface area contributed by atoms with Crippen LogP contribution < -0.4 is 11.1 Å². The third-order valence-electron chi connectivity index (χ3n) is 4.06. The van der Waals surface area contributed by atoms with Crippen molar-refractivity contribution in [3.05, 3.63) is 23.5 Å². The molecule has 0 saturated heterocycles. The van der Waals surface area contributed by atoms with Crippen molar-refractivity contribution in [2.24, 2.45) is 0 Å². The Bertz CT molecular complexity index is 491. The zero-order chi connectivity index (χ0) is 16.0. The highest BCUT2D eigenvalue weighted by atomic mass is 19.1. The Morgan fingerprint density at radius 2 is 1.81 bits per heavy atom. The summed E-state index contributed by atoms with van der Waals surface area (Å²) in [6.45, 7) is 8.14. The Balaban J connectivity index is 3.18. The first kappa shape index (κ1) is 17.3. The Morgan fingerprint density at radius 3 is 2.29 bits per heavy atom. The fraction of sp³-hybridized carbons (Fsp3) is 0.562. The lowest BCUT2D eigenvalue weighted by Gasteiger charge is -2.33. The molecule has 0 aliphatic rings. The lowest BCUT2D eigenvalue weighted by Crippen LogP contribution is -2.36. The van der Waals surface area contributed by atoms with Gasteiger partial charge in [-0.25, -0.2) is 9.18 Å². The van der Waals surface area contributed by atoms with Crippen LogP contribution >= 0.6 is 0 Å². The largest absolute Gasteiger partial charge is 0.462 e. The average Bonchev–Trinajstić information content (AvgIpc) is 2.47. The van der Waals surface area contributed by atoms with Crippen LogP contribution in [-0.4, -0.2) is 18.1 Å². The van der Waals surface area contributed by atoms with Crippen molar-refractivity contribution in [1.29, 1.82) is 0 Å². The number of ether oxygens (including phenoxy) is 1. The van der Waals surface area contributed by atoms with Gasteiger partial charge in [-0.05, 0) is 38.3 Å². The summed E-state index contributed by atoms with van der Waals surface area (Å²) in [7, 11) is 0. The van der Waals surface area contributed by atoms with Gasteiger partial charge in [-0.3, -0.25) is 0 Å². The van der Waals surface area contributed by atoms with Gasteiger partial charge < -0.3 is 15.8 Å². The molecule has 0 amide bonds. The van der Waals surface area contributed by atoms with E-state index in [9.17, 15) is 9.18 Å². The predicted molar refractivity (Wildman–Crippen MR) is 84.0 cm³/mol. The van der Waals surface area contributed by atoms with E-state index < -0.39 is 11.8 Å². The molecule has 3 N–H and O–H groups in total. The van der Waals surface area contributed by atoms with E-state index in [1.54, 1.807) is 6.92 Å². The monoisotopic (exact) mass is 296 g/mol. The number of anilines is 2. The molecular weight excluding hydrogens is 271 g/mol. The van der Waals surface area contributed by atoms with Crippen molar-refractivity contribution >= 4 is 17.3 Å². The van der Waals surface area contributed by atoms with Crippen LogP contribution in [0.15, 0.2) is 12.1 Å². The van der Waals surface area contributed by atoms with E-state index in [-0.39, 0.29) is 29.1 Å². The fourth-order valence-corrected chi connectivity index (χ4v) is 2.37. The van der Waals surface area contributed by atoms with Crippen LogP contribution in [-0.2, 0) is 4.74 Å². The number of esters is 1. The summed E-state index contributed by atoms with van der Waals surface area (Å²) in [5.74, 6) is -0.992. The van der Waals surface area contributed by atoms with Gasteiger partial charge in [0.1, 0.15) is 5.82 Å². The molecule has 1 rings (SSSR count). The highest BCUT2D eigenvalue weighted by Crippen LogP contribution is 2.30. The molecule has 1 aromatic carbocycles. The number of carbonyl (C=O) groups is 1. The lowest BCUT2D eigenvalue weighted by molar-refractivity contribution is 0.0527. The average molecular weight is 296 g/mol.